The summed E-state index contributed by atoms with van der Waals surface area (Å²) in [4.78, 5) is 116. The minimum absolute atomic E-state index is 0.0963. The van der Waals surface area contributed by atoms with Crippen molar-refractivity contribution in [3.8, 4) is 11.5 Å². The molecule has 20 heteroatoms. The number of hydrogen-bond donors (Lipinski definition) is 0. The van der Waals surface area contributed by atoms with Crippen LogP contribution in [0.2, 0.25) is 0 Å². The maximum Gasteiger partial charge on any atom is 0.367 e. The summed E-state index contributed by atoms with van der Waals surface area (Å²) >= 11 is 1.92. The fraction of sp³-hybridized carbons (Fsp3) is 0.111. The van der Waals surface area contributed by atoms with Crippen LogP contribution in [-0.4, -0.2) is 58.2 Å². The average molecular weight is 1270 g/mol. The molecular weight excluding hydrogens is 1230 g/mol. The molecule has 0 saturated carbocycles. The number of Topliss-reactive ketones (excluding diaryl/α,β-unsaturated/α-hetero) is 4. The van der Waals surface area contributed by atoms with Crippen LogP contribution in [0.4, 0.5) is 17.6 Å². The standard InChI is InChI=1S/C72H42F4O14S2/c73-43-25-47-49(61(77)63(79)59(47)55(75)27-43)29-45-31-57-65(91-45)51-21-42-24-54-52(22-41(42)23-53(51)71(89-57,67(81)85-33-37-13-5-1-6-14-37)68(82)86-34-38-15-7-2-8-16-38)66-58(32-46(92-66)30-50-48-26-44(74)28-56(76)60(48)64(80)62(50)78)90-72(54,69(83)87-35-39-17-9-3-10-18-39)70(84)88-36-40-19-11-4-12-20-40/h1-32,41-42H,33-36H2/b49-29-,50-30-. The summed E-state index contributed by atoms with van der Waals surface area (Å²) in [5.41, 5.74) is -5.92. The maximum absolute atomic E-state index is 15.5. The summed E-state index contributed by atoms with van der Waals surface area (Å²) in [6.07, 6.45) is 8.96. The molecule has 14 nitrogen and oxygen atoms in total. The smallest absolute Gasteiger partial charge is 0.367 e. The summed E-state index contributed by atoms with van der Waals surface area (Å²) in [6.45, 7) is -1.45. The van der Waals surface area contributed by atoms with Gasteiger partial charge < -0.3 is 28.4 Å². The Labute approximate surface area is 527 Å². The van der Waals surface area contributed by atoms with E-state index in [1.165, 1.54) is 24.3 Å². The van der Waals surface area contributed by atoms with Crippen LogP contribution >= 0.6 is 22.7 Å². The number of hydrogen-bond acceptors (Lipinski definition) is 16. The van der Waals surface area contributed by atoms with Crippen molar-refractivity contribution < 1.29 is 84.3 Å². The average Bonchev–Trinajstić information content (AvgIpc) is 1.18. The van der Waals surface area contributed by atoms with Crippen LogP contribution in [0.1, 0.15) is 73.6 Å². The molecule has 0 bridgehead atoms. The zero-order valence-electron chi connectivity index (χ0n) is 47.5. The van der Waals surface area contributed by atoms with E-state index in [-0.39, 0.29) is 102 Å². The Morgan fingerprint density at radius 2 is 0.739 bits per heavy atom. The molecule has 2 atom stereocenters. The van der Waals surface area contributed by atoms with Crippen LogP contribution in [0, 0.1) is 35.1 Å². The topological polar surface area (TPSA) is 192 Å². The summed E-state index contributed by atoms with van der Waals surface area (Å²) in [5, 5.41) is 0. The summed E-state index contributed by atoms with van der Waals surface area (Å²) < 4.78 is 97.8. The number of benzene rings is 6. The minimum atomic E-state index is -2.81. The number of ketones is 4. The molecule has 0 spiro atoms. The second kappa shape index (κ2) is 23.1. The molecule has 2 aromatic heterocycles. The Morgan fingerprint density at radius 3 is 1.05 bits per heavy atom. The Hall–Kier alpha value is -11.0. The van der Waals surface area contributed by atoms with Crippen LogP contribution in [0.15, 0.2) is 193 Å². The molecule has 92 heavy (non-hydrogen) atoms. The van der Waals surface area contributed by atoms with Gasteiger partial charge in [-0.15, -0.1) is 22.7 Å². The largest absolute Gasteiger partial charge is 0.458 e. The molecular formula is C72H42F4O14S2. The SMILES string of the molecule is O=C1C(=O)c2c(F)cc(F)cc2/C1=C/c1cc2c(s1)C1=CC3C=C4C(=CC3C=C1C(C(=O)OCc1ccccc1)(C(=O)OCc1ccccc1)O2)c1sc(/C=C2\C(=O)C(=O)c3c(F)cc(F)cc32)cc1OC4(C(=O)OCc1ccccc1)C(=O)OCc1ccccc1. The van der Waals surface area contributed by atoms with E-state index < -0.39 is 104 Å². The van der Waals surface area contributed by atoms with Gasteiger partial charge in [-0.2, -0.15) is 0 Å². The Balaban J connectivity index is 0.969. The number of thiophene rings is 2. The van der Waals surface area contributed by atoms with Gasteiger partial charge in [0.05, 0.1) is 20.9 Å². The van der Waals surface area contributed by atoms with Crippen LogP contribution in [0.25, 0.3) is 34.4 Å². The van der Waals surface area contributed by atoms with Crippen molar-refractivity contribution >= 4 is 104 Å². The lowest BCUT2D eigenvalue weighted by molar-refractivity contribution is -0.179. The van der Waals surface area contributed by atoms with E-state index in [0.29, 0.717) is 34.4 Å². The highest BCUT2D eigenvalue weighted by atomic mass is 32.1. The second-order valence-electron chi connectivity index (χ2n) is 22.0. The molecule has 8 aromatic rings. The predicted octanol–water partition coefficient (Wildman–Crippen LogP) is 12.8. The van der Waals surface area contributed by atoms with E-state index >= 15 is 28.0 Å². The first-order valence-electron chi connectivity index (χ1n) is 28.5. The molecule has 454 valence electrons. The molecule has 14 rings (SSSR count). The lowest BCUT2D eigenvalue weighted by Gasteiger charge is -2.42. The minimum Gasteiger partial charge on any atom is -0.458 e. The van der Waals surface area contributed by atoms with Crippen LogP contribution < -0.4 is 9.47 Å². The molecule has 0 saturated heterocycles. The third-order valence-electron chi connectivity index (χ3n) is 16.3. The number of carbonyl (C=O) groups excluding carboxylic acids is 8. The van der Waals surface area contributed by atoms with Crippen molar-refractivity contribution in [2.45, 2.75) is 37.6 Å². The molecule has 6 aliphatic rings. The fourth-order valence-corrected chi connectivity index (χ4v) is 14.1. The first-order valence-corrected chi connectivity index (χ1v) is 30.1. The zero-order valence-corrected chi connectivity index (χ0v) is 49.1. The highest BCUT2D eigenvalue weighted by Crippen LogP contribution is 2.58. The van der Waals surface area contributed by atoms with Gasteiger partial charge in [-0.25, -0.2) is 36.7 Å². The normalized spacial score (nSPS) is 18.4. The van der Waals surface area contributed by atoms with E-state index in [4.69, 9.17) is 28.4 Å². The van der Waals surface area contributed by atoms with E-state index in [2.05, 4.69) is 0 Å². The van der Waals surface area contributed by atoms with Gasteiger partial charge in [0.15, 0.2) is 0 Å². The Morgan fingerprint density at radius 1 is 0.424 bits per heavy atom. The summed E-state index contributed by atoms with van der Waals surface area (Å²) in [6, 6.07) is 39.8. The van der Waals surface area contributed by atoms with Gasteiger partial charge >= 0.3 is 35.1 Å². The zero-order chi connectivity index (χ0) is 63.7. The lowest BCUT2D eigenvalue weighted by Crippen LogP contribution is -2.58. The third-order valence-corrected chi connectivity index (χ3v) is 18.5. The van der Waals surface area contributed by atoms with Crippen molar-refractivity contribution in [1.82, 2.24) is 0 Å². The van der Waals surface area contributed by atoms with Crippen molar-refractivity contribution in [1.29, 1.82) is 0 Å². The molecule has 0 N–H and O–H groups in total. The number of allylic oxidation sites excluding steroid dienone is 6. The molecule has 6 aromatic carbocycles. The number of halogens is 4. The molecule has 4 aliphatic carbocycles. The van der Waals surface area contributed by atoms with Gasteiger partial charge in [0.1, 0.15) is 61.2 Å². The number of carbonyl (C=O) groups is 8. The van der Waals surface area contributed by atoms with Gasteiger partial charge in [0.25, 0.3) is 0 Å². The van der Waals surface area contributed by atoms with Gasteiger partial charge in [0, 0.05) is 78.3 Å². The van der Waals surface area contributed by atoms with E-state index in [9.17, 15) is 28.0 Å². The quantitative estimate of drug-likeness (QED) is 0.0249. The number of ether oxygens (including phenoxy) is 6. The van der Waals surface area contributed by atoms with Crippen molar-refractivity contribution in [2.24, 2.45) is 11.8 Å². The molecule has 0 amide bonds. The monoisotopic (exact) mass is 1270 g/mol. The summed E-state index contributed by atoms with van der Waals surface area (Å²) in [7, 11) is 0. The molecule has 2 unspecified atom stereocenters. The van der Waals surface area contributed by atoms with Gasteiger partial charge in [-0.05, 0) is 58.7 Å². The van der Waals surface area contributed by atoms with Crippen LogP contribution in [0.5, 0.6) is 11.5 Å². The van der Waals surface area contributed by atoms with E-state index in [1.807, 2.05) is 0 Å². The summed E-state index contributed by atoms with van der Waals surface area (Å²) in [5.74, 6) is -16.3. The first kappa shape index (κ1) is 58.7. The lowest BCUT2D eigenvalue weighted by atomic mass is 9.68. The molecule has 2 aliphatic heterocycles. The maximum atomic E-state index is 15.5. The Bertz CT molecular complexity index is 4340. The van der Waals surface area contributed by atoms with Gasteiger partial charge in [0.2, 0.25) is 23.1 Å². The number of esters is 4. The number of rotatable bonds is 14. The van der Waals surface area contributed by atoms with Crippen LogP contribution in [-0.2, 0) is 74.1 Å². The van der Waals surface area contributed by atoms with E-state index in [1.54, 1.807) is 146 Å². The fourth-order valence-electron chi connectivity index (χ4n) is 12.0. The van der Waals surface area contributed by atoms with E-state index in [0.717, 1.165) is 34.8 Å². The van der Waals surface area contributed by atoms with Crippen LogP contribution in [0.3, 0.4) is 0 Å². The van der Waals surface area contributed by atoms with Gasteiger partial charge in [-0.3, -0.25) is 19.2 Å². The second-order valence-corrected chi connectivity index (χ2v) is 24.2. The van der Waals surface area contributed by atoms with Gasteiger partial charge in [-0.1, -0.05) is 146 Å². The molecule has 0 radical (unpaired) electrons. The van der Waals surface area contributed by atoms with Crippen molar-refractivity contribution in [3.05, 3.63) is 280 Å². The highest BCUT2D eigenvalue weighted by molar-refractivity contribution is 7.15. The molecule has 0 fully saturated rings. The highest BCUT2D eigenvalue weighted by Gasteiger charge is 2.63. The predicted molar refractivity (Wildman–Crippen MR) is 327 cm³/mol. The van der Waals surface area contributed by atoms with Crippen molar-refractivity contribution in [3.63, 3.8) is 0 Å². The Kier molecular flexibility index (Phi) is 14.8. The molecule has 4 heterocycles. The van der Waals surface area contributed by atoms with Crippen molar-refractivity contribution in [2.75, 3.05) is 0 Å². The number of fused-ring (bicyclic) bond motifs is 9. The first-order chi connectivity index (χ1) is 44.5. The third kappa shape index (κ3) is 10.0.